The molecule has 7 heteroatoms. The van der Waals surface area contributed by atoms with Crippen molar-refractivity contribution >= 4 is 29.3 Å². The summed E-state index contributed by atoms with van der Waals surface area (Å²) in [4.78, 5) is 16.7. The number of carbonyl (C=O) groups excluding carboxylic acids is 1. The van der Waals surface area contributed by atoms with Crippen LogP contribution in [-0.2, 0) is 4.79 Å². The third kappa shape index (κ3) is 4.84. The van der Waals surface area contributed by atoms with Crippen molar-refractivity contribution in [2.75, 3.05) is 12.9 Å². The molecule has 0 aliphatic rings. The molecule has 3 aromatic rings. The molecule has 1 aromatic heterocycles. The molecular formula is C20H20ClN3O2S. The Labute approximate surface area is 167 Å². The minimum Gasteiger partial charge on any atom is -0.497 e. The first-order chi connectivity index (χ1) is 13.1. The van der Waals surface area contributed by atoms with Gasteiger partial charge in [0.05, 0.1) is 18.9 Å². The van der Waals surface area contributed by atoms with Crippen LogP contribution in [0.1, 0.15) is 18.5 Å². The van der Waals surface area contributed by atoms with Gasteiger partial charge in [-0.25, -0.2) is 4.98 Å². The van der Waals surface area contributed by atoms with Crippen molar-refractivity contribution in [1.29, 1.82) is 0 Å². The second-order valence-electron chi connectivity index (χ2n) is 5.88. The zero-order valence-electron chi connectivity index (χ0n) is 15.1. The van der Waals surface area contributed by atoms with E-state index in [0.29, 0.717) is 5.02 Å². The van der Waals surface area contributed by atoms with E-state index in [1.54, 1.807) is 13.3 Å². The van der Waals surface area contributed by atoms with E-state index in [1.165, 1.54) is 11.8 Å². The highest BCUT2D eigenvalue weighted by atomic mass is 35.5. The van der Waals surface area contributed by atoms with Gasteiger partial charge >= 0.3 is 0 Å². The summed E-state index contributed by atoms with van der Waals surface area (Å²) in [5.74, 6) is 0.986. The Balaban J connectivity index is 1.61. The predicted octanol–water partition coefficient (Wildman–Crippen LogP) is 4.50. The molecule has 140 valence electrons. The van der Waals surface area contributed by atoms with Crippen LogP contribution in [0, 0.1) is 0 Å². The topological polar surface area (TPSA) is 56.2 Å². The molecule has 1 amide bonds. The van der Waals surface area contributed by atoms with Gasteiger partial charge in [-0.15, -0.1) is 0 Å². The maximum Gasteiger partial charge on any atom is 0.230 e. The van der Waals surface area contributed by atoms with Gasteiger partial charge in [0.1, 0.15) is 5.75 Å². The number of thioether (sulfide) groups is 1. The number of amides is 1. The summed E-state index contributed by atoms with van der Waals surface area (Å²) in [7, 11) is 1.63. The van der Waals surface area contributed by atoms with E-state index in [0.717, 1.165) is 22.2 Å². The minimum absolute atomic E-state index is 0.0725. The van der Waals surface area contributed by atoms with E-state index < -0.39 is 0 Å². The number of benzene rings is 2. The fourth-order valence-electron chi connectivity index (χ4n) is 2.65. The van der Waals surface area contributed by atoms with Gasteiger partial charge in [-0.3, -0.25) is 9.36 Å². The first kappa shape index (κ1) is 19.3. The minimum atomic E-state index is -0.159. The van der Waals surface area contributed by atoms with E-state index in [4.69, 9.17) is 16.3 Å². The van der Waals surface area contributed by atoms with Crippen LogP contribution in [0.2, 0.25) is 5.02 Å². The first-order valence-corrected chi connectivity index (χ1v) is 9.79. The zero-order valence-corrected chi connectivity index (χ0v) is 16.6. The fraction of sp³-hybridized carbons (Fsp3) is 0.200. The Morgan fingerprint density at radius 3 is 2.70 bits per heavy atom. The zero-order chi connectivity index (χ0) is 19.2. The molecule has 3 rings (SSSR count). The lowest BCUT2D eigenvalue weighted by Gasteiger charge is -2.15. The largest absolute Gasteiger partial charge is 0.497 e. The van der Waals surface area contributed by atoms with E-state index in [-0.39, 0.29) is 17.7 Å². The molecule has 1 N–H and O–H groups in total. The summed E-state index contributed by atoms with van der Waals surface area (Å²) in [6.07, 6.45) is 3.59. The number of rotatable bonds is 7. The van der Waals surface area contributed by atoms with Crippen LogP contribution in [0.15, 0.2) is 66.1 Å². The van der Waals surface area contributed by atoms with Gasteiger partial charge in [0.25, 0.3) is 0 Å². The standard InChI is InChI=1S/C20H20ClN3O2S/c1-14(17-5-3-4-6-18(17)21)23-19(25)13-27-20-22-11-12-24(20)15-7-9-16(26-2)10-8-15/h3-12,14H,13H2,1-2H3,(H,23,25). The van der Waals surface area contributed by atoms with Crippen LogP contribution in [0.25, 0.3) is 5.69 Å². The molecule has 2 aromatic carbocycles. The van der Waals surface area contributed by atoms with Crippen LogP contribution in [0.3, 0.4) is 0 Å². The van der Waals surface area contributed by atoms with Crippen molar-refractivity contribution in [3.05, 3.63) is 71.5 Å². The van der Waals surface area contributed by atoms with Gasteiger partial charge < -0.3 is 10.1 Å². The molecule has 0 aliphatic heterocycles. The Morgan fingerprint density at radius 2 is 2.00 bits per heavy atom. The molecule has 1 atom stereocenters. The number of imidazole rings is 1. The van der Waals surface area contributed by atoms with E-state index in [2.05, 4.69) is 10.3 Å². The number of hydrogen-bond donors (Lipinski definition) is 1. The van der Waals surface area contributed by atoms with E-state index in [9.17, 15) is 4.79 Å². The molecule has 27 heavy (non-hydrogen) atoms. The van der Waals surface area contributed by atoms with Crippen LogP contribution in [0.4, 0.5) is 0 Å². The molecular weight excluding hydrogens is 382 g/mol. The number of hydrogen-bond acceptors (Lipinski definition) is 4. The molecule has 0 bridgehead atoms. The van der Waals surface area contributed by atoms with Gasteiger partial charge in [0.2, 0.25) is 5.91 Å². The summed E-state index contributed by atoms with van der Waals surface area (Å²) >= 11 is 7.58. The monoisotopic (exact) mass is 401 g/mol. The van der Waals surface area contributed by atoms with Crippen LogP contribution in [-0.4, -0.2) is 28.3 Å². The summed E-state index contributed by atoms with van der Waals surface area (Å²) in [5, 5.41) is 4.37. The first-order valence-electron chi connectivity index (χ1n) is 8.43. The number of aromatic nitrogens is 2. The number of nitrogens with zero attached hydrogens (tertiary/aromatic N) is 2. The van der Waals surface area contributed by atoms with Crippen LogP contribution in [0.5, 0.6) is 5.75 Å². The molecule has 0 spiro atoms. The van der Waals surface area contributed by atoms with E-state index >= 15 is 0 Å². The lowest BCUT2D eigenvalue weighted by Crippen LogP contribution is -2.28. The molecule has 5 nitrogen and oxygen atoms in total. The Kier molecular flexibility index (Phi) is 6.42. The molecule has 0 radical (unpaired) electrons. The molecule has 0 aliphatic carbocycles. The second-order valence-corrected chi connectivity index (χ2v) is 7.23. The van der Waals surface area contributed by atoms with Crippen molar-refractivity contribution in [1.82, 2.24) is 14.9 Å². The van der Waals surface area contributed by atoms with Gasteiger partial charge in [0, 0.05) is 23.1 Å². The Morgan fingerprint density at radius 1 is 1.26 bits per heavy atom. The molecule has 0 saturated heterocycles. The third-order valence-electron chi connectivity index (χ3n) is 4.04. The van der Waals surface area contributed by atoms with Crippen molar-refractivity contribution in [2.24, 2.45) is 0 Å². The Hall–Kier alpha value is -2.44. The lowest BCUT2D eigenvalue weighted by molar-refractivity contribution is -0.119. The van der Waals surface area contributed by atoms with Crippen LogP contribution < -0.4 is 10.1 Å². The number of methoxy groups -OCH3 is 1. The van der Waals surface area contributed by atoms with Crippen molar-refractivity contribution in [3.63, 3.8) is 0 Å². The summed E-state index contributed by atoms with van der Waals surface area (Å²) < 4.78 is 7.12. The van der Waals surface area contributed by atoms with Gasteiger partial charge in [0.15, 0.2) is 5.16 Å². The highest BCUT2D eigenvalue weighted by Crippen LogP contribution is 2.24. The third-order valence-corrected chi connectivity index (χ3v) is 5.35. The maximum absolute atomic E-state index is 12.3. The molecule has 0 fully saturated rings. The van der Waals surface area contributed by atoms with Gasteiger partial charge in [-0.05, 0) is 42.8 Å². The molecule has 1 unspecified atom stereocenters. The molecule has 1 heterocycles. The van der Waals surface area contributed by atoms with Gasteiger partial charge in [-0.2, -0.15) is 0 Å². The smallest absolute Gasteiger partial charge is 0.230 e. The van der Waals surface area contributed by atoms with E-state index in [1.807, 2.05) is 66.2 Å². The van der Waals surface area contributed by atoms with Crippen LogP contribution >= 0.6 is 23.4 Å². The lowest BCUT2D eigenvalue weighted by atomic mass is 10.1. The Bertz CT molecular complexity index is 912. The second kappa shape index (κ2) is 8.97. The number of nitrogens with one attached hydrogen (secondary N) is 1. The fourth-order valence-corrected chi connectivity index (χ4v) is 3.74. The summed E-state index contributed by atoms with van der Waals surface area (Å²) in [6.45, 7) is 1.92. The quantitative estimate of drug-likeness (QED) is 0.592. The normalized spacial score (nSPS) is 11.8. The van der Waals surface area contributed by atoms with Crippen molar-refractivity contribution in [2.45, 2.75) is 18.1 Å². The molecule has 0 saturated carbocycles. The summed E-state index contributed by atoms with van der Waals surface area (Å²) in [6, 6.07) is 15.0. The highest BCUT2D eigenvalue weighted by molar-refractivity contribution is 7.99. The number of carbonyl (C=O) groups is 1. The average Bonchev–Trinajstić information content (AvgIpc) is 3.15. The van der Waals surface area contributed by atoms with Gasteiger partial charge in [-0.1, -0.05) is 41.6 Å². The average molecular weight is 402 g/mol. The SMILES string of the molecule is COc1ccc(-n2ccnc2SCC(=O)NC(C)c2ccccc2Cl)cc1. The predicted molar refractivity (Wildman–Crippen MR) is 109 cm³/mol. The van der Waals surface area contributed by atoms with Crippen molar-refractivity contribution < 1.29 is 9.53 Å². The number of halogens is 1. The highest BCUT2D eigenvalue weighted by Gasteiger charge is 2.14. The van der Waals surface area contributed by atoms with Crippen molar-refractivity contribution in [3.8, 4) is 11.4 Å². The maximum atomic E-state index is 12.3. The number of ether oxygens (including phenoxy) is 1. The summed E-state index contributed by atoms with van der Waals surface area (Å²) in [5.41, 5.74) is 1.86.